The minimum Gasteiger partial charge on any atom is -0.462 e. The molecular weight excluding hydrogens is 1990 g/mol. The molecule has 15 heterocycles. The zero-order valence-corrected chi connectivity index (χ0v) is 87.8. The Kier molecular flexibility index (Phi) is 45.9. The maximum Gasteiger partial charge on any atom is 0.419 e. The lowest BCUT2D eigenvalue weighted by Gasteiger charge is -2.41. The average molecular weight is 2130 g/mol. The molecule has 17 rings (SSSR count). The number of amides is 3. The van der Waals surface area contributed by atoms with E-state index in [2.05, 4.69) is 104 Å². The molecule has 0 unspecified atom stereocenters. The van der Waals surface area contributed by atoms with Crippen molar-refractivity contribution in [2.24, 2.45) is 0 Å². The van der Waals surface area contributed by atoms with Crippen molar-refractivity contribution in [2.75, 3.05) is 241 Å². The molecule has 2 aromatic carbocycles. The van der Waals surface area contributed by atoms with Crippen LogP contribution in [0.5, 0.6) is 18.0 Å². The van der Waals surface area contributed by atoms with Crippen LogP contribution in [0.15, 0.2) is 91.8 Å². The monoisotopic (exact) mass is 2120 g/mol. The minimum absolute atomic E-state index is 0. The molecule has 778 valence electrons. The number of ether oxygens (including phenoxy) is 4. The predicted octanol–water partition coefficient (Wildman–Crippen LogP) is 12.4. The van der Waals surface area contributed by atoms with E-state index in [1.165, 1.54) is 61.7 Å². The number of anilines is 6. The van der Waals surface area contributed by atoms with Gasteiger partial charge in [-0.25, -0.2) is 19.7 Å². The van der Waals surface area contributed by atoms with Gasteiger partial charge in [-0.1, -0.05) is 61.5 Å². The molecule has 0 N–H and O–H groups in total. The largest absolute Gasteiger partial charge is 0.462 e. The van der Waals surface area contributed by atoms with Crippen molar-refractivity contribution in [3.63, 3.8) is 0 Å². The van der Waals surface area contributed by atoms with E-state index in [1.54, 1.807) is 36.7 Å². The van der Waals surface area contributed by atoms with Gasteiger partial charge in [0.1, 0.15) is 55.4 Å². The minimum atomic E-state index is -4.63. The van der Waals surface area contributed by atoms with Crippen LogP contribution < -0.4 is 43.6 Å². The van der Waals surface area contributed by atoms with Gasteiger partial charge in [0.25, 0.3) is 0 Å². The van der Waals surface area contributed by atoms with Crippen molar-refractivity contribution in [1.82, 2.24) is 74.1 Å². The molecule has 0 radical (unpaired) electrons. The quantitative estimate of drug-likeness (QED) is 0.0294. The Morgan fingerprint density at radius 1 is 0.458 bits per heavy atom. The maximum atomic E-state index is 14.1. The van der Waals surface area contributed by atoms with E-state index < -0.39 is 23.5 Å². The number of rotatable bonds is 25. The van der Waals surface area contributed by atoms with Crippen LogP contribution in [0.3, 0.4) is 0 Å². The second-order valence-electron chi connectivity index (χ2n) is 36.3. The normalized spacial score (nSPS) is 21.1. The molecule has 8 saturated heterocycles. The second-order valence-corrected chi connectivity index (χ2v) is 37.1. The highest BCUT2D eigenvalue weighted by Crippen LogP contribution is 2.46. The summed E-state index contributed by atoms with van der Waals surface area (Å²) in [6.45, 7) is 46.5. The summed E-state index contributed by atoms with van der Waals surface area (Å²) in [7, 11) is 6.25. The van der Waals surface area contributed by atoms with E-state index in [-0.39, 0.29) is 202 Å². The highest BCUT2D eigenvalue weighted by molar-refractivity contribution is 7.60. The molecule has 0 aliphatic carbocycles. The summed E-state index contributed by atoms with van der Waals surface area (Å²) in [6, 6.07) is 11.1. The number of hydrogen-bond donors (Lipinski definition) is 0. The number of morpholine rings is 1. The summed E-state index contributed by atoms with van der Waals surface area (Å²) in [6.07, 6.45) is 13.2. The number of carbonyl (C=O) groups is 3. The number of pyridine rings is 1. The Labute approximate surface area is 882 Å². The first-order chi connectivity index (χ1) is 65.2. The first-order valence-corrected chi connectivity index (χ1v) is 47.7. The van der Waals surface area contributed by atoms with Crippen LogP contribution in [0.4, 0.5) is 60.9 Å². The molecule has 6 atom stereocenters. The number of likely N-dealkylation sites (tertiary alicyclic amines) is 4. The van der Waals surface area contributed by atoms with Crippen LogP contribution in [0, 0.1) is 26.6 Å². The smallest absolute Gasteiger partial charge is 0.419 e. The van der Waals surface area contributed by atoms with Crippen molar-refractivity contribution in [1.29, 1.82) is 0 Å². The van der Waals surface area contributed by atoms with Gasteiger partial charge in [-0.15, -0.1) is 0 Å². The molecule has 0 spiro atoms. The van der Waals surface area contributed by atoms with Crippen LogP contribution in [0.25, 0.3) is 14.5 Å². The van der Waals surface area contributed by atoms with Gasteiger partial charge in [-0.3, -0.25) is 29.2 Å². The van der Waals surface area contributed by atoms with Crippen LogP contribution >= 0.6 is 104 Å². The predicted molar refractivity (Wildman–Crippen MR) is 574 cm³/mol. The Morgan fingerprint density at radius 2 is 0.810 bits per heavy atom. The number of hydrogen-bond acceptors (Lipinski definition) is 25. The fourth-order valence-electron chi connectivity index (χ4n) is 20.2. The molecule has 142 heavy (non-hydrogen) atoms. The van der Waals surface area contributed by atoms with Crippen molar-refractivity contribution in [3.05, 3.63) is 187 Å². The van der Waals surface area contributed by atoms with E-state index >= 15 is 0 Å². The highest BCUT2D eigenvalue weighted by Gasteiger charge is 2.44. The standard InChI is InChI=1S/C34H42ClF3N8O3.C34H42ClF3N8O2.C28H36N8O2.CH4.6H2S/c1-39-20-25-21-45(14-15-46(25)30(47)9-5-12-43-16-18-48-19-17-43)32-26-10-13-44(29-8-3-7-27(35)31(29)34(36,37)38)22-28(26)40-33(41-32)49-23-24-6-4-11-42(24)2;1-39-20-25-21-45(18-19-46(25)30(47)11-7-16-43-14-3-4-15-43)32-26-12-17-44(29-10-5-9-27(35)31(29)34(36,37)38)22-28(26)40-33(41-32)48-23-24-8-6-13-42(24)2;1-5-26(37)36-14-13-35(17-22(36)16-29-3)27-23-9-12-34(25-8-10-30-15-20(25)2)18-24(23)31-28(32-27)38-19-21-7-6-11-33(21)4;;;;;;;/h3,5,7-9,24-25H,4,6,10-23H2,2H3;5,7,9-11,24-25H,3-4,6,8,12-23H2,2H3;5,8,10,15,21-22H,1,6-7,9,11-14,16-19H2,2,4H3;1H4;6*1H2/b9-5+;11-7+;;;;;;;;/t2*24-,25-;21-,22-;;;;;;;/m000......./s1. The zero-order valence-electron chi connectivity index (χ0n) is 80.3. The summed E-state index contributed by atoms with van der Waals surface area (Å²) in [5, 5.41) is -0.693. The third kappa shape index (κ3) is 29.3. The molecule has 0 saturated carbocycles. The zero-order chi connectivity index (χ0) is 95.0. The SMILES string of the molecule is C.S.S.S.S.S.S.[C-]#[N+]C[C@H]1CN(c2nc(OC[C@@H]3CCCN3C)nc3c2CCN(c2cccc(Cl)c2C(F)(F)F)C3)CCN1C(=O)/C=C/CN1CCCC1.[C-]#[N+]C[C@H]1CN(c2nc(OC[C@@H]3CCCN3C)nc3c2CCN(c2cccc(Cl)c2C(F)(F)F)C3)CCN1C(=O)/C=C/CN1CCOCC1.[C-]#[N+]C[C@H]1CN(c2nc(OC[C@@H]3CCCN3C)nc3c2CCN(c2ccncc2C)C3)CCN1C(=O)C=C. The molecule has 11 aliphatic heterocycles. The van der Waals surface area contributed by atoms with Crippen LogP contribution in [0.2, 0.25) is 10.0 Å². The number of benzene rings is 2. The van der Waals surface area contributed by atoms with Gasteiger partial charge in [0.05, 0.1) is 82.5 Å². The first-order valence-electron chi connectivity index (χ1n) is 46.9. The molecule has 8 fully saturated rings. The van der Waals surface area contributed by atoms with Crippen LogP contribution in [-0.2, 0) is 70.4 Å². The Balaban J connectivity index is 0.000000256. The van der Waals surface area contributed by atoms with Crippen LogP contribution in [-0.4, -0.2) is 339 Å². The molecule has 0 bridgehead atoms. The van der Waals surface area contributed by atoms with Gasteiger partial charge in [-0.05, 0) is 173 Å². The first kappa shape index (κ1) is 118. The number of fused-ring (bicyclic) bond motifs is 3. The lowest BCUT2D eigenvalue weighted by atomic mass is 10.0. The lowest BCUT2D eigenvalue weighted by Crippen LogP contribution is -2.56. The topological polar surface area (TPSA) is 237 Å². The second kappa shape index (κ2) is 55.1. The number of nitrogens with zero attached hydrogens (tertiary/aromatic N) is 24. The molecule has 45 heteroatoms. The van der Waals surface area contributed by atoms with E-state index in [0.29, 0.717) is 166 Å². The van der Waals surface area contributed by atoms with Crippen molar-refractivity contribution in [2.45, 2.75) is 153 Å². The number of likely N-dealkylation sites (N-methyl/N-ethyl adjacent to an activating group) is 3. The van der Waals surface area contributed by atoms with Gasteiger partial charge in [0.2, 0.25) is 37.4 Å². The average Bonchev–Trinajstić information content (AvgIpc) is 1.82. The number of halogens is 8. The molecule has 3 amide bonds. The lowest BCUT2D eigenvalue weighted by molar-refractivity contribution is -0.137. The number of piperazine rings is 3. The molecule has 4 aromatic heterocycles. The maximum absolute atomic E-state index is 14.1. The molecular formula is C97H136Cl2F6N24O7S6. The fourth-order valence-corrected chi connectivity index (χ4v) is 20.8. The summed E-state index contributed by atoms with van der Waals surface area (Å²) < 4.78 is 109. The molecule has 6 aromatic rings. The van der Waals surface area contributed by atoms with Gasteiger partial charge in [0.15, 0.2) is 0 Å². The Morgan fingerprint density at radius 3 is 1.14 bits per heavy atom. The number of aryl methyl sites for hydroxylation is 1. The fraction of sp³-hybridized carbons (Fsp3) is 0.577. The van der Waals surface area contributed by atoms with Crippen molar-refractivity contribution >= 4 is 156 Å². The number of carbonyl (C=O) groups excluding carboxylic acids is 3. The summed E-state index contributed by atoms with van der Waals surface area (Å²) in [4.78, 5) is 112. The van der Waals surface area contributed by atoms with E-state index in [4.69, 9.17) is 91.8 Å². The summed E-state index contributed by atoms with van der Waals surface area (Å²) >= 11 is 12.1. The summed E-state index contributed by atoms with van der Waals surface area (Å²) in [5.74, 6) is 1.81. The number of alkyl halides is 6. The molecule has 31 nitrogen and oxygen atoms in total. The number of aromatic nitrogens is 7. The van der Waals surface area contributed by atoms with Gasteiger partial charge in [0, 0.05) is 170 Å². The Bertz CT molecular complexity index is 5390. The van der Waals surface area contributed by atoms with Crippen molar-refractivity contribution < 1.29 is 59.7 Å². The van der Waals surface area contributed by atoms with Gasteiger partial charge in [-0.2, -0.15) is 137 Å². The van der Waals surface area contributed by atoms with Crippen molar-refractivity contribution in [3.8, 4) is 18.0 Å². The highest BCUT2D eigenvalue weighted by atomic mass is 35.5. The third-order valence-electron chi connectivity index (χ3n) is 27.7. The van der Waals surface area contributed by atoms with E-state index in [9.17, 15) is 40.7 Å². The molecule has 11 aliphatic rings. The Hall–Kier alpha value is -8.85. The van der Waals surface area contributed by atoms with Crippen LogP contribution in [0.1, 0.15) is 109 Å². The van der Waals surface area contributed by atoms with Gasteiger partial charge < -0.3 is 92.3 Å². The summed E-state index contributed by atoms with van der Waals surface area (Å²) in [5.41, 5.74) is 5.56. The third-order valence-corrected chi connectivity index (χ3v) is 28.3. The van der Waals surface area contributed by atoms with Gasteiger partial charge >= 0.3 is 30.4 Å². The van der Waals surface area contributed by atoms with E-state index in [1.807, 2.05) is 24.5 Å². The van der Waals surface area contributed by atoms with E-state index in [0.717, 1.165) is 137 Å².